The molecule has 3 rings (SSSR count). The lowest BCUT2D eigenvalue weighted by atomic mass is 10.0. The second-order valence-corrected chi connectivity index (χ2v) is 8.58. The van der Waals surface area contributed by atoms with E-state index in [1.165, 1.54) is 40.3 Å². The highest BCUT2D eigenvalue weighted by molar-refractivity contribution is 5.94. The van der Waals surface area contributed by atoms with Gasteiger partial charge in [-0.3, -0.25) is 9.59 Å². The molecule has 0 bridgehead atoms. The molecule has 1 aliphatic heterocycles. The first-order valence-corrected chi connectivity index (χ1v) is 11.0. The average Bonchev–Trinajstić information content (AvgIpc) is 2.76. The van der Waals surface area contributed by atoms with Crippen LogP contribution in [0.1, 0.15) is 30.9 Å². The van der Waals surface area contributed by atoms with Crippen LogP contribution in [0, 0.1) is 5.82 Å². The van der Waals surface area contributed by atoms with E-state index in [2.05, 4.69) is 48.7 Å². The maximum atomic E-state index is 12.9. The van der Waals surface area contributed by atoms with Crippen molar-refractivity contribution in [2.24, 2.45) is 0 Å². The van der Waals surface area contributed by atoms with Crippen LogP contribution < -0.4 is 20.4 Å². The number of rotatable bonds is 8. The van der Waals surface area contributed by atoms with Crippen LogP contribution in [0.4, 0.5) is 10.1 Å². The molecule has 0 aromatic heterocycles. The SMILES string of the molecule is CC(C)c1ccc(C[NH+]2CC[NH+](CC(=O)NCC(=O)Nc3ccc(F)cc3)CC2)cc1. The first kappa shape index (κ1) is 22.9. The lowest BCUT2D eigenvalue weighted by Crippen LogP contribution is -3.28. The van der Waals surface area contributed by atoms with Crippen molar-refractivity contribution in [1.29, 1.82) is 0 Å². The summed E-state index contributed by atoms with van der Waals surface area (Å²) in [6.45, 7) is 9.64. The van der Waals surface area contributed by atoms with Gasteiger partial charge in [-0.1, -0.05) is 38.1 Å². The van der Waals surface area contributed by atoms with Crippen LogP contribution in [0.5, 0.6) is 0 Å². The van der Waals surface area contributed by atoms with Crippen molar-refractivity contribution in [2.45, 2.75) is 26.3 Å². The Morgan fingerprint density at radius 2 is 1.52 bits per heavy atom. The fourth-order valence-corrected chi connectivity index (χ4v) is 3.83. The van der Waals surface area contributed by atoms with Gasteiger partial charge in [0.05, 0.1) is 6.54 Å². The summed E-state index contributed by atoms with van der Waals surface area (Å²) in [5, 5.41) is 5.31. The van der Waals surface area contributed by atoms with Gasteiger partial charge in [0.15, 0.2) is 6.54 Å². The summed E-state index contributed by atoms with van der Waals surface area (Å²) in [5.74, 6) is -0.265. The number of benzene rings is 2. The minimum Gasteiger partial charge on any atom is -0.342 e. The van der Waals surface area contributed by atoms with Crippen LogP contribution in [0.25, 0.3) is 0 Å². The maximum absolute atomic E-state index is 12.9. The second kappa shape index (κ2) is 11.0. The Morgan fingerprint density at radius 1 is 0.903 bits per heavy atom. The van der Waals surface area contributed by atoms with Crippen LogP contribution in [0.3, 0.4) is 0 Å². The number of hydrogen-bond acceptors (Lipinski definition) is 2. The normalized spacial score (nSPS) is 18.6. The van der Waals surface area contributed by atoms with Gasteiger partial charge >= 0.3 is 0 Å². The highest BCUT2D eigenvalue weighted by Crippen LogP contribution is 2.14. The Bertz CT molecular complexity index is 860. The van der Waals surface area contributed by atoms with Gasteiger partial charge in [0.25, 0.3) is 5.91 Å². The monoisotopic (exact) mass is 428 g/mol. The minimum atomic E-state index is -0.361. The molecule has 0 atom stereocenters. The topological polar surface area (TPSA) is 67.1 Å². The Kier molecular flexibility index (Phi) is 8.14. The van der Waals surface area contributed by atoms with Crippen LogP contribution in [-0.2, 0) is 16.1 Å². The molecule has 4 N–H and O–H groups in total. The number of piperazine rings is 1. The molecule has 1 aliphatic rings. The van der Waals surface area contributed by atoms with Crippen molar-refractivity contribution < 1.29 is 23.8 Å². The van der Waals surface area contributed by atoms with Crippen molar-refractivity contribution in [3.63, 3.8) is 0 Å². The Balaban J connectivity index is 1.34. The summed E-state index contributed by atoms with van der Waals surface area (Å²) >= 11 is 0. The van der Waals surface area contributed by atoms with Gasteiger partial charge in [-0.2, -0.15) is 0 Å². The van der Waals surface area contributed by atoms with Gasteiger partial charge in [0.1, 0.15) is 38.5 Å². The lowest BCUT2D eigenvalue weighted by molar-refractivity contribution is -1.02. The van der Waals surface area contributed by atoms with E-state index >= 15 is 0 Å². The van der Waals surface area contributed by atoms with E-state index in [-0.39, 0.29) is 24.2 Å². The molecule has 0 saturated carbocycles. The number of carbonyl (C=O) groups is 2. The standard InChI is InChI=1S/C24H31FN4O2/c1-18(2)20-5-3-19(4-6-20)16-28-11-13-29(14-12-28)17-24(31)26-15-23(30)27-22-9-7-21(25)8-10-22/h3-10,18H,11-17H2,1-2H3,(H,26,31)(H,27,30)/p+2. The van der Waals surface area contributed by atoms with E-state index in [4.69, 9.17) is 0 Å². The number of amides is 2. The van der Waals surface area contributed by atoms with Crippen molar-refractivity contribution in [3.05, 3.63) is 65.5 Å². The highest BCUT2D eigenvalue weighted by Gasteiger charge is 2.25. The molecule has 0 unspecified atom stereocenters. The summed E-state index contributed by atoms with van der Waals surface area (Å²) in [7, 11) is 0. The van der Waals surface area contributed by atoms with Crippen LogP contribution in [0.15, 0.2) is 48.5 Å². The van der Waals surface area contributed by atoms with E-state index in [9.17, 15) is 14.0 Å². The minimum absolute atomic E-state index is 0.0900. The summed E-state index contributed by atoms with van der Waals surface area (Å²) in [6.07, 6.45) is 0. The number of nitrogens with one attached hydrogen (secondary N) is 4. The Morgan fingerprint density at radius 3 is 2.13 bits per heavy atom. The largest absolute Gasteiger partial charge is 0.342 e. The number of carbonyl (C=O) groups excluding carboxylic acids is 2. The molecule has 7 heteroatoms. The third-order valence-corrected chi connectivity index (χ3v) is 5.75. The van der Waals surface area contributed by atoms with Crippen molar-refractivity contribution in [2.75, 3.05) is 44.6 Å². The quantitative estimate of drug-likeness (QED) is 0.478. The third kappa shape index (κ3) is 7.45. The molecule has 1 fully saturated rings. The van der Waals surface area contributed by atoms with Gasteiger partial charge in [0.2, 0.25) is 5.91 Å². The van der Waals surface area contributed by atoms with Gasteiger partial charge in [-0.05, 0) is 35.7 Å². The number of anilines is 1. The fourth-order valence-electron chi connectivity index (χ4n) is 3.83. The first-order chi connectivity index (χ1) is 14.9. The van der Waals surface area contributed by atoms with Gasteiger partial charge in [-0.15, -0.1) is 0 Å². The Labute approximate surface area is 183 Å². The average molecular weight is 429 g/mol. The maximum Gasteiger partial charge on any atom is 0.275 e. The Hall–Kier alpha value is -2.77. The zero-order valence-corrected chi connectivity index (χ0v) is 18.3. The molecule has 1 saturated heterocycles. The predicted molar refractivity (Wildman–Crippen MR) is 119 cm³/mol. The molecule has 2 aromatic carbocycles. The van der Waals surface area contributed by atoms with E-state index in [1.807, 2.05) is 0 Å². The number of hydrogen-bond donors (Lipinski definition) is 4. The molecular weight excluding hydrogens is 395 g/mol. The zero-order chi connectivity index (χ0) is 22.2. The van der Waals surface area contributed by atoms with Crippen LogP contribution in [0.2, 0.25) is 0 Å². The summed E-state index contributed by atoms with van der Waals surface area (Å²) in [6, 6.07) is 14.4. The highest BCUT2D eigenvalue weighted by atomic mass is 19.1. The molecule has 0 radical (unpaired) electrons. The third-order valence-electron chi connectivity index (χ3n) is 5.75. The zero-order valence-electron chi connectivity index (χ0n) is 18.3. The molecule has 2 amide bonds. The second-order valence-electron chi connectivity index (χ2n) is 8.58. The summed E-state index contributed by atoms with van der Waals surface area (Å²) in [5.41, 5.74) is 3.22. The van der Waals surface area contributed by atoms with E-state index in [0.29, 0.717) is 18.2 Å². The number of halogens is 1. The number of quaternary nitrogens is 2. The van der Waals surface area contributed by atoms with Crippen molar-refractivity contribution in [3.8, 4) is 0 Å². The van der Waals surface area contributed by atoms with Gasteiger partial charge < -0.3 is 20.4 Å². The van der Waals surface area contributed by atoms with E-state index < -0.39 is 0 Å². The van der Waals surface area contributed by atoms with Crippen molar-refractivity contribution in [1.82, 2.24) is 5.32 Å². The molecule has 2 aromatic rings. The van der Waals surface area contributed by atoms with Gasteiger partial charge in [-0.25, -0.2) is 4.39 Å². The molecular formula is C24H33FN4O2+2. The molecule has 6 nitrogen and oxygen atoms in total. The summed E-state index contributed by atoms with van der Waals surface area (Å²) in [4.78, 5) is 26.9. The van der Waals surface area contributed by atoms with E-state index in [1.54, 1.807) is 4.90 Å². The van der Waals surface area contributed by atoms with E-state index in [0.717, 1.165) is 32.7 Å². The fraction of sp³-hybridized carbons (Fsp3) is 0.417. The van der Waals surface area contributed by atoms with Crippen LogP contribution in [-0.4, -0.2) is 51.1 Å². The molecule has 166 valence electrons. The molecule has 31 heavy (non-hydrogen) atoms. The van der Waals surface area contributed by atoms with Crippen LogP contribution >= 0.6 is 0 Å². The first-order valence-electron chi connectivity index (χ1n) is 11.0. The van der Waals surface area contributed by atoms with Gasteiger partial charge in [0, 0.05) is 11.3 Å². The van der Waals surface area contributed by atoms with Crippen molar-refractivity contribution >= 4 is 17.5 Å². The lowest BCUT2D eigenvalue weighted by Gasteiger charge is -2.29. The molecule has 0 aliphatic carbocycles. The molecule has 1 heterocycles. The summed E-state index contributed by atoms with van der Waals surface area (Å²) < 4.78 is 12.9. The predicted octanol–water partition coefficient (Wildman–Crippen LogP) is -0.0126. The smallest absolute Gasteiger partial charge is 0.275 e. The molecule has 0 spiro atoms.